The van der Waals surface area contributed by atoms with Crippen LogP contribution in [0.3, 0.4) is 0 Å². The van der Waals surface area contributed by atoms with Crippen molar-refractivity contribution in [2.45, 2.75) is 13.8 Å². The third kappa shape index (κ3) is 4.11. The third-order valence-electron chi connectivity index (χ3n) is 4.94. The number of anilines is 1. The predicted molar refractivity (Wildman–Crippen MR) is 129 cm³/mol. The van der Waals surface area contributed by atoms with E-state index in [-0.39, 0.29) is 17.2 Å². The van der Waals surface area contributed by atoms with Crippen LogP contribution in [0, 0.1) is 3.57 Å². The maximum absolute atomic E-state index is 12.9. The number of nitrogens with one attached hydrogen (secondary N) is 2. The molecular weight excluding hydrogens is 507 g/mol. The molecule has 0 saturated carbocycles. The number of carbonyl (C=O) groups is 2. The van der Waals surface area contributed by atoms with E-state index in [1.807, 2.05) is 48.5 Å². The summed E-state index contributed by atoms with van der Waals surface area (Å²) in [6, 6.07) is 18.1. The van der Waals surface area contributed by atoms with Crippen molar-refractivity contribution in [3.63, 3.8) is 0 Å². The molecule has 0 aromatic heterocycles. The van der Waals surface area contributed by atoms with Gasteiger partial charge in [-0.3, -0.25) is 15.0 Å². The number of phenols is 1. The molecule has 0 spiro atoms. The van der Waals surface area contributed by atoms with Crippen molar-refractivity contribution in [3.05, 3.63) is 81.1 Å². The van der Waals surface area contributed by atoms with Gasteiger partial charge < -0.3 is 10.5 Å². The average Bonchev–Trinajstić information content (AvgIpc) is 3.05. The Hall–Kier alpha value is -3.40. The standard InChI is InChI=1S/C23H19IN4O3/c1-13(21-14(2)27-28(23(21)31)18-9-7-17(24)8-10-18)25-26-22(30)19-11-15-5-3-4-6-16(15)12-20(19)29/h3-12,25,29H,1-2H3,(H,26,30)/b21-13-. The highest BCUT2D eigenvalue weighted by molar-refractivity contribution is 14.1. The average molecular weight is 526 g/mol. The second-order valence-corrected chi connectivity index (χ2v) is 8.32. The lowest BCUT2D eigenvalue weighted by molar-refractivity contribution is -0.114. The number of hydrogen-bond donors (Lipinski definition) is 3. The lowest BCUT2D eigenvalue weighted by Crippen LogP contribution is -2.38. The number of nitrogens with zero attached hydrogens (tertiary/aromatic N) is 2. The fraction of sp³-hybridized carbons (Fsp3) is 0.0870. The molecule has 3 N–H and O–H groups in total. The maximum atomic E-state index is 12.9. The molecule has 0 aliphatic carbocycles. The summed E-state index contributed by atoms with van der Waals surface area (Å²) in [7, 11) is 0. The quantitative estimate of drug-likeness (QED) is 0.272. The summed E-state index contributed by atoms with van der Waals surface area (Å²) >= 11 is 2.20. The molecule has 31 heavy (non-hydrogen) atoms. The molecule has 156 valence electrons. The fourth-order valence-electron chi connectivity index (χ4n) is 3.39. The van der Waals surface area contributed by atoms with Gasteiger partial charge >= 0.3 is 0 Å². The van der Waals surface area contributed by atoms with Gasteiger partial charge in [-0.2, -0.15) is 10.1 Å². The van der Waals surface area contributed by atoms with Crippen LogP contribution in [-0.2, 0) is 4.79 Å². The Morgan fingerprint density at radius 1 is 1.03 bits per heavy atom. The Morgan fingerprint density at radius 3 is 2.35 bits per heavy atom. The summed E-state index contributed by atoms with van der Waals surface area (Å²) in [4.78, 5) is 25.5. The molecule has 3 aromatic carbocycles. The van der Waals surface area contributed by atoms with Gasteiger partial charge in [0, 0.05) is 9.27 Å². The van der Waals surface area contributed by atoms with Crippen LogP contribution >= 0.6 is 22.6 Å². The number of phenolic OH excluding ortho intramolecular Hbond substituents is 1. The molecule has 1 heterocycles. The predicted octanol–water partition coefficient (Wildman–Crippen LogP) is 4.08. The van der Waals surface area contributed by atoms with E-state index in [9.17, 15) is 14.7 Å². The number of rotatable bonds is 4. The van der Waals surface area contributed by atoms with Crippen molar-refractivity contribution in [1.82, 2.24) is 10.9 Å². The van der Waals surface area contributed by atoms with E-state index in [0.717, 1.165) is 14.3 Å². The summed E-state index contributed by atoms with van der Waals surface area (Å²) in [6.07, 6.45) is 0. The van der Waals surface area contributed by atoms with E-state index in [4.69, 9.17) is 0 Å². The van der Waals surface area contributed by atoms with Gasteiger partial charge in [-0.25, -0.2) is 0 Å². The van der Waals surface area contributed by atoms with Gasteiger partial charge in [0.25, 0.3) is 11.8 Å². The van der Waals surface area contributed by atoms with E-state index in [0.29, 0.717) is 22.7 Å². The zero-order valence-corrected chi connectivity index (χ0v) is 19.0. The number of allylic oxidation sites excluding steroid dienone is 1. The van der Waals surface area contributed by atoms with Gasteiger partial charge in [-0.1, -0.05) is 24.3 Å². The molecule has 1 aliphatic heterocycles. The zero-order chi connectivity index (χ0) is 22.1. The molecule has 3 aromatic rings. The van der Waals surface area contributed by atoms with E-state index >= 15 is 0 Å². The monoisotopic (exact) mass is 526 g/mol. The molecule has 0 atom stereocenters. The smallest absolute Gasteiger partial charge is 0.282 e. The molecule has 7 nitrogen and oxygen atoms in total. The van der Waals surface area contributed by atoms with Crippen LogP contribution in [-0.4, -0.2) is 22.6 Å². The second-order valence-electron chi connectivity index (χ2n) is 7.07. The number of carbonyl (C=O) groups excluding carboxylic acids is 2. The molecule has 1 aliphatic rings. The Labute approximate surface area is 192 Å². The van der Waals surface area contributed by atoms with Crippen LogP contribution in [0.2, 0.25) is 0 Å². The first-order chi connectivity index (χ1) is 14.8. The van der Waals surface area contributed by atoms with Gasteiger partial charge in [-0.15, -0.1) is 0 Å². The van der Waals surface area contributed by atoms with Crippen LogP contribution < -0.4 is 15.9 Å². The van der Waals surface area contributed by atoms with Gasteiger partial charge in [0.15, 0.2) is 0 Å². The SMILES string of the molecule is CC1=NN(c2ccc(I)cc2)C(=O)/C1=C(/C)NNC(=O)c1cc2ccccc2cc1O. The molecule has 0 bridgehead atoms. The van der Waals surface area contributed by atoms with Crippen LogP contribution in [0.5, 0.6) is 5.75 Å². The van der Waals surface area contributed by atoms with Crippen LogP contribution in [0.4, 0.5) is 5.69 Å². The molecule has 2 amide bonds. The van der Waals surface area contributed by atoms with E-state index in [2.05, 4.69) is 38.5 Å². The topological polar surface area (TPSA) is 94.0 Å². The summed E-state index contributed by atoms with van der Waals surface area (Å²) in [5.74, 6) is -0.924. The molecule has 0 saturated heterocycles. The lowest BCUT2D eigenvalue weighted by Gasteiger charge is -2.14. The second kappa shape index (κ2) is 8.38. The molecule has 0 unspecified atom stereocenters. The van der Waals surface area contributed by atoms with Gasteiger partial charge in [0.1, 0.15) is 5.75 Å². The number of benzene rings is 3. The minimum atomic E-state index is -0.516. The van der Waals surface area contributed by atoms with E-state index in [1.165, 1.54) is 5.01 Å². The minimum absolute atomic E-state index is 0.122. The normalized spacial score (nSPS) is 15.1. The summed E-state index contributed by atoms with van der Waals surface area (Å²) in [5, 5.41) is 17.6. The minimum Gasteiger partial charge on any atom is -0.507 e. The first-order valence-corrected chi connectivity index (χ1v) is 10.6. The van der Waals surface area contributed by atoms with Crippen molar-refractivity contribution in [3.8, 4) is 5.75 Å². The number of hydrazone groups is 1. The Bertz CT molecular complexity index is 1270. The number of hydrogen-bond acceptors (Lipinski definition) is 5. The molecular formula is C23H19IN4O3. The van der Waals surface area contributed by atoms with Crippen LogP contribution in [0.15, 0.2) is 77.0 Å². The fourth-order valence-corrected chi connectivity index (χ4v) is 3.75. The van der Waals surface area contributed by atoms with Gasteiger partial charge in [0.2, 0.25) is 0 Å². The number of fused-ring (bicyclic) bond motifs is 1. The van der Waals surface area contributed by atoms with E-state index in [1.54, 1.807) is 26.0 Å². The number of amides is 2. The van der Waals surface area contributed by atoms with Crippen molar-refractivity contribution >= 4 is 56.6 Å². The maximum Gasteiger partial charge on any atom is 0.282 e. The third-order valence-corrected chi connectivity index (χ3v) is 5.66. The highest BCUT2D eigenvalue weighted by Crippen LogP contribution is 2.26. The van der Waals surface area contributed by atoms with Gasteiger partial charge in [-0.05, 0) is 83.6 Å². The zero-order valence-electron chi connectivity index (χ0n) is 16.8. The number of hydrazine groups is 1. The number of halogens is 1. The first kappa shape index (κ1) is 20.9. The molecule has 4 rings (SSSR count). The van der Waals surface area contributed by atoms with Crippen molar-refractivity contribution in [2.24, 2.45) is 5.10 Å². The molecule has 8 heteroatoms. The van der Waals surface area contributed by atoms with Crippen molar-refractivity contribution < 1.29 is 14.7 Å². The van der Waals surface area contributed by atoms with Gasteiger partial charge in [0.05, 0.1) is 22.5 Å². The Balaban J connectivity index is 1.52. The molecule has 0 fully saturated rings. The van der Waals surface area contributed by atoms with Crippen LogP contribution in [0.1, 0.15) is 24.2 Å². The largest absolute Gasteiger partial charge is 0.507 e. The summed E-state index contributed by atoms with van der Waals surface area (Å²) < 4.78 is 1.06. The lowest BCUT2D eigenvalue weighted by atomic mass is 10.1. The molecule has 0 radical (unpaired) electrons. The Morgan fingerprint density at radius 2 is 1.68 bits per heavy atom. The van der Waals surface area contributed by atoms with E-state index < -0.39 is 5.91 Å². The highest BCUT2D eigenvalue weighted by atomic mass is 127. The summed E-state index contributed by atoms with van der Waals surface area (Å²) in [6.45, 7) is 3.42. The van der Waals surface area contributed by atoms with Crippen molar-refractivity contribution in [1.29, 1.82) is 0 Å². The summed E-state index contributed by atoms with van der Waals surface area (Å²) in [5.41, 5.74) is 7.49. The van der Waals surface area contributed by atoms with Crippen LogP contribution in [0.25, 0.3) is 10.8 Å². The number of aromatic hydroxyl groups is 1. The Kier molecular flexibility index (Phi) is 5.64. The highest BCUT2D eigenvalue weighted by Gasteiger charge is 2.30. The first-order valence-electron chi connectivity index (χ1n) is 9.50. The van der Waals surface area contributed by atoms with Crippen molar-refractivity contribution in [2.75, 3.05) is 5.01 Å².